The molecule has 0 saturated carbocycles. The molecular weight excluding hydrogens is 147 g/mol. The third kappa shape index (κ3) is 5.38. The number of aliphatic hydroxyl groups is 1. The van der Waals surface area contributed by atoms with E-state index in [1.807, 2.05) is 0 Å². The van der Waals surface area contributed by atoms with Crippen molar-refractivity contribution in [2.75, 3.05) is 0 Å². The van der Waals surface area contributed by atoms with Crippen LogP contribution in [0.2, 0.25) is 0 Å². The van der Waals surface area contributed by atoms with Crippen molar-refractivity contribution in [1.29, 1.82) is 5.26 Å². The second-order valence-corrected chi connectivity index (χ2v) is 1.80. The summed E-state index contributed by atoms with van der Waals surface area (Å²) in [7, 11) is 0. The van der Waals surface area contributed by atoms with Crippen LogP contribution in [0, 0.1) is 11.3 Å². The lowest BCUT2D eigenvalue weighted by molar-refractivity contribution is -0.138. The molecule has 0 radical (unpaired) electrons. The summed E-state index contributed by atoms with van der Waals surface area (Å²) in [4.78, 5) is 0. The molecule has 0 bridgehead atoms. The Kier molecular flexibility index (Phi) is 3.16. The van der Waals surface area contributed by atoms with Crippen molar-refractivity contribution >= 4 is 0 Å². The third-order valence-electron chi connectivity index (χ3n) is 0.850. The number of rotatable bonds is 2. The summed E-state index contributed by atoms with van der Waals surface area (Å²) in [5.74, 6) is 0. The Labute approximate surface area is 55.9 Å². The molecule has 5 heteroatoms. The molecule has 58 valence electrons. The fourth-order valence-electron chi connectivity index (χ4n) is 0.365. The lowest BCUT2D eigenvalue weighted by atomic mass is 10.2. The smallest absolute Gasteiger partial charge is 0.378 e. The quantitative estimate of drug-likeness (QED) is 0.606. The molecule has 0 rings (SSSR count). The van der Waals surface area contributed by atoms with Gasteiger partial charge in [-0.1, -0.05) is 0 Å². The van der Waals surface area contributed by atoms with Crippen LogP contribution in [0.4, 0.5) is 13.2 Å². The minimum Gasteiger partial charge on any atom is -0.378 e. The first-order valence-electron chi connectivity index (χ1n) is 2.60. The second kappa shape index (κ2) is 3.42. The summed E-state index contributed by atoms with van der Waals surface area (Å²) in [5.41, 5.74) is 0. The maximum atomic E-state index is 11.3. The van der Waals surface area contributed by atoms with Gasteiger partial charge in [0, 0.05) is 6.42 Å². The van der Waals surface area contributed by atoms with E-state index in [1.54, 1.807) is 0 Å². The molecule has 0 aromatic rings. The number of aliphatic hydroxyl groups excluding tert-OH is 1. The van der Waals surface area contributed by atoms with Crippen LogP contribution in [0.25, 0.3) is 0 Å². The zero-order valence-corrected chi connectivity index (χ0v) is 5.02. The Morgan fingerprint density at radius 1 is 1.50 bits per heavy atom. The van der Waals surface area contributed by atoms with E-state index in [0.717, 1.165) is 0 Å². The van der Waals surface area contributed by atoms with Gasteiger partial charge in [0.2, 0.25) is 0 Å². The fourth-order valence-corrected chi connectivity index (χ4v) is 0.365. The van der Waals surface area contributed by atoms with Gasteiger partial charge in [0.15, 0.2) is 0 Å². The highest BCUT2D eigenvalue weighted by molar-refractivity contribution is 4.82. The van der Waals surface area contributed by atoms with Crippen molar-refractivity contribution in [1.82, 2.24) is 0 Å². The van der Waals surface area contributed by atoms with Gasteiger partial charge in [0.25, 0.3) is 0 Å². The van der Waals surface area contributed by atoms with Crippen LogP contribution in [0.1, 0.15) is 12.8 Å². The molecule has 0 spiro atoms. The van der Waals surface area contributed by atoms with Crippen molar-refractivity contribution in [3.63, 3.8) is 0 Å². The Bertz CT molecular complexity index is 137. The van der Waals surface area contributed by atoms with Crippen molar-refractivity contribution in [2.24, 2.45) is 0 Å². The molecule has 0 heterocycles. The lowest BCUT2D eigenvalue weighted by Gasteiger charge is -2.05. The van der Waals surface area contributed by atoms with Gasteiger partial charge >= 0.3 is 6.18 Å². The molecule has 10 heavy (non-hydrogen) atoms. The van der Waals surface area contributed by atoms with Gasteiger partial charge in [-0.3, -0.25) is 0 Å². The van der Waals surface area contributed by atoms with Crippen LogP contribution in [0.3, 0.4) is 0 Å². The molecule has 0 aliphatic carbocycles. The third-order valence-corrected chi connectivity index (χ3v) is 0.850. The van der Waals surface area contributed by atoms with Gasteiger partial charge in [-0.2, -0.15) is 18.4 Å². The molecule has 0 aliphatic heterocycles. The number of hydrogen-bond donors (Lipinski definition) is 1. The number of alkyl halides is 3. The van der Waals surface area contributed by atoms with Crippen molar-refractivity contribution in [3.8, 4) is 6.07 Å². The SMILES string of the molecule is N#CC(O)CCC(F)(F)F. The fraction of sp³-hybridized carbons (Fsp3) is 0.800. The highest BCUT2D eigenvalue weighted by atomic mass is 19.4. The summed E-state index contributed by atoms with van der Waals surface area (Å²) in [6, 6.07) is 1.29. The second-order valence-electron chi connectivity index (χ2n) is 1.80. The van der Waals surface area contributed by atoms with Gasteiger partial charge in [0.1, 0.15) is 6.10 Å². The van der Waals surface area contributed by atoms with E-state index >= 15 is 0 Å². The van der Waals surface area contributed by atoms with Gasteiger partial charge in [-0.05, 0) is 6.42 Å². The standard InChI is InChI=1S/C5H6F3NO/c6-5(7,8)2-1-4(10)3-9/h4,10H,1-2H2. The van der Waals surface area contributed by atoms with E-state index in [9.17, 15) is 13.2 Å². The number of hydrogen-bond acceptors (Lipinski definition) is 2. The molecule has 0 aliphatic rings. The number of nitrogens with zero attached hydrogens (tertiary/aromatic N) is 1. The molecule has 0 aromatic carbocycles. The summed E-state index contributed by atoms with van der Waals surface area (Å²) >= 11 is 0. The van der Waals surface area contributed by atoms with E-state index in [1.165, 1.54) is 6.07 Å². The maximum Gasteiger partial charge on any atom is 0.389 e. The number of halogens is 3. The summed E-state index contributed by atoms with van der Waals surface area (Å²) < 4.78 is 34.0. The van der Waals surface area contributed by atoms with Crippen LogP contribution >= 0.6 is 0 Å². The average Bonchev–Trinajstić information content (AvgIpc) is 1.81. The van der Waals surface area contributed by atoms with E-state index < -0.39 is 25.1 Å². The van der Waals surface area contributed by atoms with E-state index in [4.69, 9.17) is 10.4 Å². The van der Waals surface area contributed by atoms with E-state index in [0.29, 0.717) is 0 Å². The molecule has 2 nitrogen and oxygen atoms in total. The lowest BCUT2D eigenvalue weighted by Crippen LogP contribution is -2.12. The van der Waals surface area contributed by atoms with Gasteiger partial charge in [-0.15, -0.1) is 0 Å². The Hall–Kier alpha value is -0.760. The van der Waals surface area contributed by atoms with Gasteiger partial charge in [-0.25, -0.2) is 0 Å². The molecule has 1 N–H and O–H groups in total. The average molecular weight is 153 g/mol. The summed E-state index contributed by atoms with van der Waals surface area (Å²) in [5, 5.41) is 16.2. The Morgan fingerprint density at radius 3 is 2.30 bits per heavy atom. The van der Waals surface area contributed by atoms with Crippen LogP contribution in [0.5, 0.6) is 0 Å². The highest BCUT2D eigenvalue weighted by Gasteiger charge is 2.27. The van der Waals surface area contributed by atoms with E-state index in [-0.39, 0.29) is 0 Å². The summed E-state index contributed by atoms with van der Waals surface area (Å²) in [6.07, 6.45) is -7.43. The predicted octanol–water partition coefficient (Wildman–Crippen LogP) is 1.21. The molecule has 1 atom stereocenters. The van der Waals surface area contributed by atoms with Crippen LogP contribution in [-0.4, -0.2) is 17.4 Å². The molecule has 1 unspecified atom stereocenters. The molecular formula is C5H6F3NO. The first-order valence-corrected chi connectivity index (χ1v) is 2.60. The topological polar surface area (TPSA) is 44.0 Å². The molecule has 0 aromatic heterocycles. The molecule has 0 amide bonds. The minimum atomic E-state index is -4.28. The zero-order valence-electron chi connectivity index (χ0n) is 5.02. The molecule has 0 saturated heterocycles. The van der Waals surface area contributed by atoms with E-state index in [2.05, 4.69) is 0 Å². The maximum absolute atomic E-state index is 11.3. The normalized spacial score (nSPS) is 14.3. The van der Waals surface area contributed by atoms with Crippen molar-refractivity contribution in [2.45, 2.75) is 25.1 Å². The van der Waals surface area contributed by atoms with Gasteiger partial charge < -0.3 is 5.11 Å². The van der Waals surface area contributed by atoms with Crippen LogP contribution in [0.15, 0.2) is 0 Å². The summed E-state index contributed by atoms with van der Waals surface area (Å²) in [6.45, 7) is 0. The predicted molar refractivity (Wildman–Crippen MR) is 26.9 cm³/mol. The zero-order chi connectivity index (χ0) is 8.20. The van der Waals surface area contributed by atoms with Crippen LogP contribution < -0.4 is 0 Å². The van der Waals surface area contributed by atoms with Crippen molar-refractivity contribution < 1.29 is 18.3 Å². The Balaban J connectivity index is 3.48. The number of nitriles is 1. The first kappa shape index (κ1) is 9.24. The first-order chi connectivity index (χ1) is 4.45. The Morgan fingerprint density at radius 2 is 2.00 bits per heavy atom. The van der Waals surface area contributed by atoms with Crippen LogP contribution in [-0.2, 0) is 0 Å². The van der Waals surface area contributed by atoms with Gasteiger partial charge in [0.05, 0.1) is 6.07 Å². The highest BCUT2D eigenvalue weighted by Crippen LogP contribution is 2.21. The van der Waals surface area contributed by atoms with Crippen molar-refractivity contribution in [3.05, 3.63) is 0 Å². The molecule has 0 fully saturated rings. The largest absolute Gasteiger partial charge is 0.389 e. The minimum absolute atomic E-state index is 0.542. The monoisotopic (exact) mass is 153 g/mol.